The van der Waals surface area contributed by atoms with Gasteiger partial charge in [-0.1, -0.05) is 32.9 Å². The number of nitrogens with two attached hydrogens (primary N) is 1. The first-order valence-electron chi connectivity index (χ1n) is 7.56. The van der Waals surface area contributed by atoms with Crippen LogP contribution < -0.4 is 5.73 Å². The molecule has 0 bridgehead atoms. The van der Waals surface area contributed by atoms with E-state index in [2.05, 4.69) is 32.6 Å². The third-order valence-electron chi connectivity index (χ3n) is 3.76. The number of hydrogen-bond acceptors (Lipinski definition) is 2. The average Bonchev–Trinajstić information content (AvgIpc) is 2.40. The van der Waals surface area contributed by atoms with Crippen LogP contribution in [0.2, 0.25) is 0 Å². The predicted molar refractivity (Wildman–Crippen MR) is 84.3 cm³/mol. The summed E-state index contributed by atoms with van der Waals surface area (Å²) in [5.74, 6) is -0.170. The summed E-state index contributed by atoms with van der Waals surface area (Å²) in [4.78, 5) is 2.50. The smallest absolute Gasteiger partial charge is 0.123 e. The SMILES string of the molecule is CCCN(CC(C)(C)CN)C(C)Cc1ccc(F)cc1. The van der Waals surface area contributed by atoms with E-state index < -0.39 is 0 Å². The maximum atomic E-state index is 12.9. The van der Waals surface area contributed by atoms with Crippen molar-refractivity contribution in [3.05, 3.63) is 35.6 Å². The molecule has 1 atom stereocenters. The summed E-state index contributed by atoms with van der Waals surface area (Å²) in [5, 5.41) is 0. The number of halogens is 1. The van der Waals surface area contributed by atoms with E-state index in [1.807, 2.05) is 12.1 Å². The molecule has 0 aromatic heterocycles. The Kier molecular flexibility index (Phi) is 6.63. The Labute approximate surface area is 123 Å². The topological polar surface area (TPSA) is 29.3 Å². The molecule has 114 valence electrons. The van der Waals surface area contributed by atoms with E-state index in [1.165, 1.54) is 17.7 Å². The van der Waals surface area contributed by atoms with Gasteiger partial charge in [-0.05, 0) is 56.0 Å². The van der Waals surface area contributed by atoms with Crippen LogP contribution in [0.25, 0.3) is 0 Å². The summed E-state index contributed by atoms with van der Waals surface area (Å²) >= 11 is 0. The van der Waals surface area contributed by atoms with Crippen molar-refractivity contribution in [3.8, 4) is 0 Å². The highest BCUT2D eigenvalue weighted by atomic mass is 19.1. The lowest BCUT2D eigenvalue weighted by molar-refractivity contribution is 0.140. The molecule has 0 saturated heterocycles. The van der Waals surface area contributed by atoms with Gasteiger partial charge in [0.25, 0.3) is 0 Å². The third-order valence-corrected chi connectivity index (χ3v) is 3.76. The van der Waals surface area contributed by atoms with Gasteiger partial charge in [0.05, 0.1) is 0 Å². The van der Waals surface area contributed by atoms with Crippen LogP contribution in [0.1, 0.15) is 39.7 Å². The van der Waals surface area contributed by atoms with Crippen LogP contribution in [0.5, 0.6) is 0 Å². The van der Waals surface area contributed by atoms with Crippen molar-refractivity contribution in [2.45, 2.75) is 46.6 Å². The van der Waals surface area contributed by atoms with Gasteiger partial charge in [0.15, 0.2) is 0 Å². The van der Waals surface area contributed by atoms with Crippen molar-refractivity contribution in [2.75, 3.05) is 19.6 Å². The summed E-state index contributed by atoms with van der Waals surface area (Å²) in [7, 11) is 0. The molecule has 2 nitrogen and oxygen atoms in total. The van der Waals surface area contributed by atoms with Crippen molar-refractivity contribution >= 4 is 0 Å². The maximum absolute atomic E-state index is 12.9. The first-order chi connectivity index (χ1) is 9.38. The molecule has 0 aliphatic rings. The average molecular weight is 280 g/mol. The summed E-state index contributed by atoms with van der Waals surface area (Å²) < 4.78 is 12.9. The Morgan fingerprint density at radius 3 is 2.35 bits per heavy atom. The van der Waals surface area contributed by atoms with Gasteiger partial charge in [-0.15, -0.1) is 0 Å². The third kappa shape index (κ3) is 5.59. The molecule has 0 radical (unpaired) electrons. The molecule has 1 aromatic carbocycles. The van der Waals surface area contributed by atoms with Gasteiger partial charge in [-0.25, -0.2) is 4.39 Å². The minimum Gasteiger partial charge on any atom is -0.330 e. The van der Waals surface area contributed by atoms with Crippen molar-refractivity contribution in [3.63, 3.8) is 0 Å². The normalized spacial score (nSPS) is 13.8. The van der Waals surface area contributed by atoms with Gasteiger partial charge in [0.1, 0.15) is 5.82 Å². The van der Waals surface area contributed by atoms with Crippen molar-refractivity contribution in [2.24, 2.45) is 11.1 Å². The van der Waals surface area contributed by atoms with Gasteiger partial charge in [0, 0.05) is 12.6 Å². The highest BCUT2D eigenvalue weighted by Gasteiger charge is 2.23. The van der Waals surface area contributed by atoms with E-state index in [-0.39, 0.29) is 11.2 Å². The van der Waals surface area contributed by atoms with E-state index in [0.29, 0.717) is 12.6 Å². The molecular formula is C17H29FN2. The second-order valence-electron chi connectivity index (χ2n) is 6.52. The van der Waals surface area contributed by atoms with Crippen molar-refractivity contribution in [1.82, 2.24) is 4.90 Å². The predicted octanol–water partition coefficient (Wildman–Crippen LogP) is 3.45. The molecule has 2 N–H and O–H groups in total. The Balaban J connectivity index is 2.68. The van der Waals surface area contributed by atoms with E-state index in [9.17, 15) is 4.39 Å². The minimum atomic E-state index is -0.170. The molecule has 3 heteroatoms. The van der Waals surface area contributed by atoms with Crippen molar-refractivity contribution < 1.29 is 4.39 Å². The van der Waals surface area contributed by atoms with Gasteiger partial charge in [-0.3, -0.25) is 4.90 Å². The van der Waals surface area contributed by atoms with E-state index in [0.717, 1.165) is 25.9 Å². The zero-order chi connectivity index (χ0) is 15.2. The van der Waals surface area contributed by atoms with E-state index >= 15 is 0 Å². The molecule has 0 aliphatic carbocycles. The summed E-state index contributed by atoms with van der Waals surface area (Å²) in [6, 6.07) is 7.27. The first kappa shape index (κ1) is 17.1. The standard InChI is InChI=1S/C17H29FN2/c1-5-10-20(13-17(3,4)12-19)14(2)11-15-6-8-16(18)9-7-15/h6-9,14H,5,10-13,19H2,1-4H3. The molecule has 0 amide bonds. The summed E-state index contributed by atoms with van der Waals surface area (Å²) in [5.41, 5.74) is 7.17. The molecule has 1 rings (SSSR count). The van der Waals surface area contributed by atoms with E-state index in [4.69, 9.17) is 5.73 Å². The van der Waals surface area contributed by atoms with E-state index in [1.54, 1.807) is 0 Å². The zero-order valence-electron chi connectivity index (χ0n) is 13.3. The lowest BCUT2D eigenvalue weighted by Gasteiger charge is -2.36. The van der Waals surface area contributed by atoms with Gasteiger partial charge < -0.3 is 5.73 Å². The fourth-order valence-electron chi connectivity index (χ4n) is 2.45. The van der Waals surface area contributed by atoms with Gasteiger partial charge in [0.2, 0.25) is 0 Å². The second-order valence-corrected chi connectivity index (χ2v) is 6.52. The van der Waals surface area contributed by atoms with Crippen LogP contribution in [-0.2, 0) is 6.42 Å². The highest BCUT2D eigenvalue weighted by molar-refractivity contribution is 5.17. The lowest BCUT2D eigenvalue weighted by Crippen LogP contribution is -2.44. The largest absolute Gasteiger partial charge is 0.330 e. The monoisotopic (exact) mass is 280 g/mol. The Morgan fingerprint density at radius 2 is 1.85 bits per heavy atom. The second kappa shape index (κ2) is 7.75. The van der Waals surface area contributed by atoms with Crippen LogP contribution in [0.4, 0.5) is 4.39 Å². The van der Waals surface area contributed by atoms with Gasteiger partial charge in [-0.2, -0.15) is 0 Å². The highest BCUT2D eigenvalue weighted by Crippen LogP contribution is 2.19. The van der Waals surface area contributed by atoms with Crippen molar-refractivity contribution in [1.29, 1.82) is 0 Å². The van der Waals surface area contributed by atoms with Crippen LogP contribution in [-0.4, -0.2) is 30.6 Å². The van der Waals surface area contributed by atoms with Crippen LogP contribution in [0.15, 0.2) is 24.3 Å². The molecule has 0 spiro atoms. The number of nitrogens with zero attached hydrogens (tertiary/aromatic N) is 1. The molecule has 1 aromatic rings. The molecular weight excluding hydrogens is 251 g/mol. The number of hydrogen-bond donors (Lipinski definition) is 1. The van der Waals surface area contributed by atoms with Crippen LogP contribution in [0.3, 0.4) is 0 Å². The fraction of sp³-hybridized carbons (Fsp3) is 0.647. The molecule has 1 unspecified atom stereocenters. The lowest BCUT2D eigenvalue weighted by atomic mass is 9.91. The fourth-order valence-corrected chi connectivity index (χ4v) is 2.45. The number of rotatable bonds is 8. The maximum Gasteiger partial charge on any atom is 0.123 e. The zero-order valence-corrected chi connectivity index (χ0v) is 13.3. The minimum absolute atomic E-state index is 0.131. The Morgan fingerprint density at radius 1 is 1.25 bits per heavy atom. The molecule has 20 heavy (non-hydrogen) atoms. The Bertz CT molecular complexity index is 386. The molecule has 0 saturated carbocycles. The van der Waals surface area contributed by atoms with Crippen LogP contribution in [0, 0.1) is 11.2 Å². The first-order valence-corrected chi connectivity index (χ1v) is 7.56. The molecule has 0 heterocycles. The Hall–Kier alpha value is -0.930. The number of benzene rings is 1. The molecule has 0 fully saturated rings. The van der Waals surface area contributed by atoms with Crippen LogP contribution >= 0.6 is 0 Å². The quantitative estimate of drug-likeness (QED) is 0.790. The summed E-state index contributed by atoms with van der Waals surface area (Å²) in [6.07, 6.45) is 2.08. The molecule has 0 aliphatic heterocycles. The van der Waals surface area contributed by atoms with Gasteiger partial charge >= 0.3 is 0 Å². The summed E-state index contributed by atoms with van der Waals surface area (Å²) in [6.45, 7) is 11.6.